The number of imide groups is 1. The van der Waals surface area contributed by atoms with E-state index in [2.05, 4.69) is 20.9 Å². The summed E-state index contributed by atoms with van der Waals surface area (Å²) >= 11 is 1.52. The van der Waals surface area contributed by atoms with Crippen molar-refractivity contribution in [3.63, 3.8) is 0 Å². The van der Waals surface area contributed by atoms with Crippen LogP contribution in [0.25, 0.3) is 10.2 Å². The number of morpholine rings is 1. The molecule has 13 heteroatoms. The van der Waals surface area contributed by atoms with E-state index in [1.54, 1.807) is 18.2 Å². The number of thiazole rings is 1. The Labute approximate surface area is 295 Å². The van der Waals surface area contributed by atoms with E-state index in [1.165, 1.54) is 17.4 Å². The second kappa shape index (κ2) is 17.2. The fourth-order valence-electron chi connectivity index (χ4n) is 7.04. The maximum Gasteiger partial charge on any atom is 0.257 e. The minimum Gasteiger partial charge on any atom is -0.478 e. The number of nitrogens with one attached hydrogen (secondary N) is 3. The van der Waals surface area contributed by atoms with Crippen LogP contribution >= 0.6 is 11.3 Å². The lowest BCUT2D eigenvalue weighted by Gasteiger charge is -2.34. The highest BCUT2D eigenvalue weighted by atomic mass is 32.1. The number of benzene rings is 2. The van der Waals surface area contributed by atoms with Gasteiger partial charge < -0.3 is 25.0 Å². The van der Waals surface area contributed by atoms with Gasteiger partial charge in [0.2, 0.25) is 17.7 Å². The third kappa shape index (κ3) is 9.16. The minimum absolute atomic E-state index is 0.0269. The van der Waals surface area contributed by atoms with Gasteiger partial charge in [-0.3, -0.25) is 24.5 Å². The van der Waals surface area contributed by atoms with Gasteiger partial charge in [-0.1, -0.05) is 62.0 Å². The fourth-order valence-corrected chi connectivity index (χ4v) is 8.15. The molecule has 1 aromatic heterocycles. The number of hydrogen-bond donors (Lipinski definition) is 3. The van der Waals surface area contributed by atoms with Crippen molar-refractivity contribution >= 4 is 56.0 Å². The lowest BCUT2D eigenvalue weighted by molar-refractivity contribution is -0.134. The van der Waals surface area contributed by atoms with E-state index in [4.69, 9.17) is 14.5 Å². The lowest BCUT2D eigenvalue weighted by atomic mass is 9.90. The van der Waals surface area contributed by atoms with E-state index in [0.29, 0.717) is 62.3 Å². The largest absolute Gasteiger partial charge is 0.478 e. The highest BCUT2D eigenvalue weighted by Crippen LogP contribution is 2.41. The molecule has 0 spiro atoms. The zero-order valence-electron chi connectivity index (χ0n) is 28.3. The number of ether oxygens (including phenoxy) is 2. The highest BCUT2D eigenvalue weighted by molar-refractivity contribution is 7.22. The average Bonchev–Trinajstić information content (AvgIpc) is 3.63. The Kier molecular flexibility index (Phi) is 12.3. The van der Waals surface area contributed by atoms with Gasteiger partial charge >= 0.3 is 0 Å². The SMILES string of the molecule is O=C(COc1c(F)ccc2sc(N3C4CCC3COC4)nc12)NCCCCCCCCCCC(=O)Nc1ccc(C2CCC(=O)NC2=O)cc1. The van der Waals surface area contributed by atoms with Gasteiger partial charge in [-0.2, -0.15) is 0 Å². The number of rotatable bonds is 17. The Hall–Kier alpha value is -4.10. The number of amides is 4. The van der Waals surface area contributed by atoms with Crippen molar-refractivity contribution in [2.45, 2.75) is 101 Å². The third-order valence-corrected chi connectivity index (χ3v) is 10.8. The summed E-state index contributed by atoms with van der Waals surface area (Å²) in [5.74, 6) is -1.64. The van der Waals surface area contributed by atoms with Crippen LogP contribution in [0.5, 0.6) is 5.75 Å². The maximum atomic E-state index is 14.7. The molecule has 2 bridgehead atoms. The van der Waals surface area contributed by atoms with Crippen molar-refractivity contribution in [1.82, 2.24) is 15.6 Å². The molecule has 11 nitrogen and oxygen atoms in total. The van der Waals surface area contributed by atoms with Gasteiger partial charge in [0.25, 0.3) is 5.91 Å². The number of carbonyl (C=O) groups is 4. The number of piperidine rings is 1. The monoisotopic (exact) mass is 707 g/mol. The summed E-state index contributed by atoms with van der Waals surface area (Å²) in [4.78, 5) is 55.3. The number of fused-ring (bicyclic) bond motifs is 3. The number of carbonyl (C=O) groups excluding carboxylic acids is 4. The smallest absolute Gasteiger partial charge is 0.257 e. The average molecular weight is 708 g/mol. The molecule has 3 fully saturated rings. The van der Waals surface area contributed by atoms with Crippen LogP contribution in [0.1, 0.15) is 95.0 Å². The van der Waals surface area contributed by atoms with Crippen molar-refractivity contribution in [2.75, 3.05) is 36.6 Å². The van der Waals surface area contributed by atoms with Crippen LogP contribution in [-0.4, -0.2) is 67.1 Å². The summed E-state index contributed by atoms with van der Waals surface area (Å²) in [7, 11) is 0. The molecule has 6 rings (SSSR count). The molecule has 4 heterocycles. The van der Waals surface area contributed by atoms with Crippen molar-refractivity contribution in [3.05, 3.63) is 47.8 Å². The molecular formula is C37H46FN5O6S. The molecule has 3 aliphatic rings. The highest BCUT2D eigenvalue weighted by Gasteiger charge is 2.39. The molecule has 2 aromatic carbocycles. The zero-order chi connectivity index (χ0) is 34.9. The van der Waals surface area contributed by atoms with Crippen molar-refractivity contribution in [3.8, 4) is 5.75 Å². The second-order valence-electron chi connectivity index (χ2n) is 13.4. The Bertz CT molecular complexity index is 1650. The molecule has 3 saturated heterocycles. The Morgan fingerprint density at radius 2 is 1.62 bits per heavy atom. The third-order valence-electron chi connectivity index (χ3n) is 9.75. The summed E-state index contributed by atoms with van der Waals surface area (Å²) in [6.07, 6.45) is 11.5. The molecule has 50 heavy (non-hydrogen) atoms. The summed E-state index contributed by atoms with van der Waals surface area (Å²) in [6.45, 7) is 1.65. The quantitative estimate of drug-likeness (QED) is 0.115. The molecule has 0 radical (unpaired) electrons. The molecule has 3 atom stereocenters. The van der Waals surface area contributed by atoms with Crippen LogP contribution in [-0.2, 0) is 23.9 Å². The first-order chi connectivity index (χ1) is 24.4. The van der Waals surface area contributed by atoms with Crippen molar-refractivity contribution in [1.29, 1.82) is 0 Å². The van der Waals surface area contributed by atoms with Gasteiger partial charge in [0.1, 0.15) is 5.52 Å². The topological polar surface area (TPSA) is 139 Å². The Balaban J connectivity index is 0.791. The first kappa shape index (κ1) is 35.7. The van der Waals surface area contributed by atoms with E-state index >= 15 is 0 Å². The fraction of sp³-hybridized carbons (Fsp3) is 0.541. The standard InChI is InChI=1S/C37H46FN5O6S/c38-29-17-18-30-34(42-37(50-30)43-26-14-15-27(43)22-48-21-26)35(29)49-23-33(46)39-20-8-6-4-2-1-3-5-7-9-31(44)40-25-12-10-24(11-13-25)28-16-19-32(45)41-36(28)47/h10-13,17-18,26-28H,1-9,14-16,19-23H2,(H,39,46)(H,40,44)(H,41,45,47). The molecule has 268 valence electrons. The van der Waals surface area contributed by atoms with Gasteiger partial charge in [0.15, 0.2) is 23.3 Å². The zero-order valence-corrected chi connectivity index (χ0v) is 29.2. The number of hydrogen-bond acceptors (Lipinski definition) is 9. The lowest BCUT2D eigenvalue weighted by Crippen LogP contribution is -2.45. The molecule has 0 aliphatic carbocycles. The number of halogens is 1. The molecular weight excluding hydrogens is 662 g/mol. The van der Waals surface area contributed by atoms with Gasteiger partial charge in [-0.05, 0) is 61.9 Å². The van der Waals surface area contributed by atoms with E-state index in [-0.39, 0.29) is 41.9 Å². The number of aromatic nitrogens is 1. The molecule has 3 N–H and O–H groups in total. The Morgan fingerprint density at radius 1 is 0.920 bits per heavy atom. The summed E-state index contributed by atoms with van der Waals surface area (Å²) in [6, 6.07) is 10.9. The first-order valence-electron chi connectivity index (χ1n) is 17.9. The van der Waals surface area contributed by atoms with Gasteiger partial charge in [0, 0.05) is 25.1 Å². The summed E-state index contributed by atoms with van der Waals surface area (Å²) < 4.78 is 26.9. The van der Waals surface area contributed by atoms with E-state index in [1.807, 2.05) is 12.1 Å². The first-order valence-corrected chi connectivity index (χ1v) is 18.8. The number of unbranched alkanes of at least 4 members (excludes halogenated alkanes) is 7. The van der Waals surface area contributed by atoms with Crippen LogP contribution in [0.3, 0.4) is 0 Å². The van der Waals surface area contributed by atoms with Crippen molar-refractivity contribution in [2.24, 2.45) is 0 Å². The van der Waals surface area contributed by atoms with E-state index in [0.717, 1.165) is 79.6 Å². The predicted molar refractivity (Wildman–Crippen MR) is 190 cm³/mol. The molecule has 3 aliphatic heterocycles. The van der Waals surface area contributed by atoms with Crippen LogP contribution in [0.4, 0.5) is 15.2 Å². The van der Waals surface area contributed by atoms with Crippen molar-refractivity contribution < 1.29 is 33.0 Å². The second-order valence-corrected chi connectivity index (χ2v) is 14.4. The summed E-state index contributed by atoms with van der Waals surface area (Å²) in [5.41, 5.74) is 2.00. The van der Waals surface area contributed by atoms with Crippen LogP contribution in [0.15, 0.2) is 36.4 Å². The molecule has 3 aromatic rings. The van der Waals surface area contributed by atoms with Crippen LogP contribution in [0, 0.1) is 5.82 Å². The predicted octanol–water partition coefficient (Wildman–Crippen LogP) is 5.97. The molecule has 4 amide bonds. The Morgan fingerprint density at radius 3 is 2.34 bits per heavy atom. The normalized spacial score (nSPS) is 20.2. The number of nitrogens with zero attached hydrogens (tertiary/aromatic N) is 2. The van der Waals surface area contributed by atoms with Gasteiger partial charge in [0.05, 0.1) is 35.9 Å². The summed E-state index contributed by atoms with van der Waals surface area (Å²) in [5, 5.41) is 9.02. The van der Waals surface area contributed by atoms with E-state index < -0.39 is 5.82 Å². The minimum atomic E-state index is -0.522. The van der Waals surface area contributed by atoms with E-state index in [9.17, 15) is 23.6 Å². The van der Waals surface area contributed by atoms with Crippen LogP contribution in [0.2, 0.25) is 0 Å². The maximum absolute atomic E-state index is 14.7. The van der Waals surface area contributed by atoms with Gasteiger partial charge in [-0.15, -0.1) is 0 Å². The molecule has 3 unspecified atom stereocenters. The molecule has 0 saturated carbocycles. The van der Waals surface area contributed by atoms with Crippen LogP contribution < -0.4 is 25.6 Å². The van der Waals surface area contributed by atoms with Gasteiger partial charge in [-0.25, -0.2) is 9.37 Å². The number of anilines is 2.